The van der Waals surface area contributed by atoms with Gasteiger partial charge in [-0.05, 0) is 31.0 Å². The third kappa shape index (κ3) is 2.78. The Morgan fingerprint density at radius 2 is 2.20 bits per heavy atom. The van der Waals surface area contributed by atoms with Crippen LogP contribution < -0.4 is 4.80 Å². The van der Waals surface area contributed by atoms with Crippen molar-refractivity contribution in [3.8, 4) is 0 Å². The molecular formula is C14H15ClN2O2S. The molecule has 0 fully saturated rings. The Morgan fingerprint density at radius 3 is 2.75 bits per heavy atom. The number of carboxylic acids is 1. The molecule has 6 heteroatoms. The van der Waals surface area contributed by atoms with Gasteiger partial charge in [-0.3, -0.25) is 4.79 Å². The second kappa shape index (κ2) is 5.81. The topological polar surface area (TPSA) is 54.6 Å². The molecule has 1 unspecified atom stereocenters. The van der Waals surface area contributed by atoms with E-state index >= 15 is 0 Å². The molecule has 1 heterocycles. The van der Waals surface area contributed by atoms with Gasteiger partial charge < -0.3 is 9.67 Å². The number of benzene rings is 1. The Morgan fingerprint density at radius 1 is 1.50 bits per heavy atom. The van der Waals surface area contributed by atoms with E-state index in [1.54, 1.807) is 19.1 Å². The largest absolute Gasteiger partial charge is 0.481 e. The molecule has 2 aromatic rings. The normalized spacial score (nSPS) is 13.5. The predicted molar refractivity (Wildman–Crippen MR) is 80.8 cm³/mol. The van der Waals surface area contributed by atoms with E-state index in [0.717, 1.165) is 15.9 Å². The number of thiazole rings is 1. The maximum atomic E-state index is 11.1. The quantitative estimate of drug-likeness (QED) is 0.943. The summed E-state index contributed by atoms with van der Waals surface area (Å²) in [5.74, 6) is -1.45. The first-order valence-corrected chi connectivity index (χ1v) is 7.34. The highest BCUT2D eigenvalue weighted by molar-refractivity contribution is 7.07. The number of carbonyl (C=O) groups is 1. The Balaban J connectivity index is 2.53. The lowest BCUT2D eigenvalue weighted by Gasteiger charge is -2.12. The third-order valence-corrected chi connectivity index (χ3v) is 4.55. The van der Waals surface area contributed by atoms with Crippen LogP contribution in [0.5, 0.6) is 0 Å². The average molecular weight is 311 g/mol. The highest BCUT2D eigenvalue weighted by Crippen LogP contribution is 2.33. The molecule has 0 spiro atoms. The molecule has 1 N–H and O–H groups in total. The number of nitrogens with zero attached hydrogens (tertiary/aromatic N) is 2. The van der Waals surface area contributed by atoms with Crippen LogP contribution in [0.25, 0.3) is 0 Å². The van der Waals surface area contributed by atoms with E-state index in [1.165, 1.54) is 11.3 Å². The molecule has 2 rings (SSSR count). The first-order valence-electron chi connectivity index (χ1n) is 6.08. The first kappa shape index (κ1) is 14.8. The molecule has 106 valence electrons. The monoisotopic (exact) mass is 310 g/mol. The molecule has 4 nitrogen and oxygen atoms in total. The molecule has 0 amide bonds. The number of halogens is 1. The van der Waals surface area contributed by atoms with Crippen molar-refractivity contribution in [3.63, 3.8) is 0 Å². The van der Waals surface area contributed by atoms with Gasteiger partial charge in [0.2, 0.25) is 0 Å². The molecule has 1 aromatic carbocycles. The molecule has 0 saturated heterocycles. The number of aryl methyl sites for hydroxylation is 1. The van der Waals surface area contributed by atoms with Gasteiger partial charge >= 0.3 is 5.97 Å². The maximum Gasteiger partial charge on any atom is 0.310 e. The third-order valence-electron chi connectivity index (χ3n) is 3.22. The van der Waals surface area contributed by atoms with Crippen molar-refractivity contribution in [2.45, 2.75) is 19.8 Å². The van der Waals surface area contributed by atoms with Crippen LogP contribution in [0, 0.1) is 6.92 Å². The second-order valence-electron chi connectivity index (χ2n) is 4.58. The maximum absolute atomic E-state index is 11.1. The summed E-state index contributed by atoms with van der Waals surface area (Å²) < 4.78 is 1.91. The summed E-state index contributed by atoms with van der Waals surface area (Å²) in [6, 6.07) is 3.55. The highest BCUT2D eigenvalue weighted by Gasteiger charge is 2.18. The van der Waals surface area contributed by atoms with Gasteiger partial charge in [0, 0.05) is 18.6 Å². The Hall–Kier alpha value is -1.59. The van der Waals surface area contributed by atoms with Crippen LogP contribution in [0.1, 0.15) is 24.0 Å². The van der Waals surface area contributed by atoms with Gasteiger partial charge in [-0.1, -0.05) is 17.7 Å². The zero-order valence-corrected chi connectivity index (χ0v) is 13.0. The molecule has 0 aliphatic heterocycles. The summed E-state index contributed by atoms with van der Waals surface area (Å²) in [6.07, 6.45) is 1.92. The van der Waals surface area contributed by atoms with Crippen LogP contribution >= 0.6 is 22.9 Å². The van der Waals surface area contributed by atoms with Crippen LogP contribution in [0.3, 0.4) is 0 Å². The standard InChI is InChI=1S/C14H15ClN2O2S/c1-8-10(9(2)13(18)19)4-5-11(12(8)15)16-14-17(3)6-7-20-14/h4-7,9H,1-3H3,(H,18,19)/b16-14-. The minimum absolute atomic E-state index is 0.504. The van der Waals surface area contributed by atoms with Gasteiger partial charge in [-0.2, -0.15) is 0 Å². The van der Waals surface area contributed by atoms with Crippen LogP contribution in [0.15, 0.2) is 28.7 Å². The van der Waals surface area contributed by atoms with Crippen molar-refractivity contribution >= 4 is 34.6 Å². The van der Waals surface area contributed by atoms with Crippen molar-refractivity contribution in [2.75, 3.05) is 0 Å². The van der Waals surface area contributed by atoms with Crippen LogP contribution in [0.2, 0.25) is 5.02 Å². The molecule has 0 aliphatic rings. The van der Waals surface area contributed by atoms with Crippen LogP contribution in [-0.2, 0) is 11.8 Å². The van der Waals surface area contributed by atoms with Gasteiger partial charge in [0.1, 0.15) is 0 Å². The van der Waals surface area contributed by atoms with E-state index in [0.29, 0.717) is 10.7 Å². The van der Waals surface area contributed by atoms with Gasteiger partial charge in [-0.25, -0.2) is 4.99 Å². The van der Waals surface area contributed by atoms with Crippen molar-refractivity contribution in [3.05, 3.63) is 44.7 Å². The fourth-order valence-electron chi connectivity index (χ4n) is 1.91. The highest BCUT2D eigenvalue weighted by atomic mass is 35.5. The van der Waals surface area contributed by atoms with Crippen LogP contribution in [0.4, 0.5) is 5.69 Å². The molecular weight excluding hydrogens is 296 g/mol. The van der Waals surface area contributed by atoms with Gasteiger partial charge in [0.25, 0.3) is 0 Å². The lowest BCUT2D eigenvalue weighted by atomic mass is 9.96. The van der Waals surface area contributed by atoms with E-state index in [9.17, 15) is 4.79 Å². The van der Waals surface area contributed by atoms with Crippen molar-refractivity contribution in [1.82, 2.24) is 4.57 Å². The number of rotatable bonds is 3. The van der Waals surface area contributed by atoms with Crippen molar-refractivity contribution in [2.24, 2.45) is 12.0 Å². The fraction of sp³-hybridized carbons (Fsp3) is 0.286. The zero-order valence-electron chi connectivity index (χ0n) is 11.4. The van der Waals surface area contributed by atoms with E-state index in [1.807, 2.05) is 30.1 Å². The number of hydrogen-bond donors (Lipinski definition) is 1. The fourth-order valence-corrected chi connectivity index (χ4v) is 2.87. The smallest absolute Gasteiger partial charge is 0.310 e. The Bertz CT molecular complexity index is 718. The summed E-state index contributed by atoms with van der Waals surface area (Å²) in [6.45, 7) is 3.47. The molecule has 0 saturated carbocycles. The molecule has 20 heavy (non-hydrogen) atoms. The lowest BCUT2D eigenvalue weighted by molar-refractivity contribution is -0.138. The number of carboxylic acid groups (broad SMARTS) is 1. The molecule has 0 radical (unpaired) electrons. The average Bonchev–Trinajstić information content (AvgIpc) is 2.80. The van der Waals surface area contributed by atoms with Gasteiger partial charge in [0.05, 0.1) is 16.6 Å². The van der Waals surface area contributed by atoms with E-state index < -0.39 is 11.9 Å². The van der Waals surface area contributed by atoms with Gasteiger partial charge in [0.15, 0.2) is 4.80 Å². The van der Waals surface area contributed by atoms with E-state index in [4.69, 9.17) is 16.7 Å². The zero-order chi connectivity index (χ0) is 14.9. The van der Waals surface area contributed by atoms with Crippen LogP contribution in [-0.4, -0.2) is 15.6 Å². The van der Waals surface area contributed by atoms with Crippen molar-refractivity contribution in [1.29, 1.82) is 0 Å². The molecule has 1 aromatic heterocycles. The summed E-state index contributed by atoms with van der Waals surface area (Å²) >= 11 is 7.84. The lowest BCUT2D eigenvalue weighted by Crippen LogP contribution is -2.10. The molecule has 1 atom stereocenters. The summed E-state index contributed by atoms with van der Waals surface area (Å²) in [5, 5.41) is 11.5. The molecule has 0 aliphatic carbocycles. The molecule has 0 bridgehead atoms. The van der Waals surface area contributed by atoms with E-state index in [2.05, 4.69) is 4.99 Å². The Kier molecular flexibility index (Phi) is 4.30. The van der Waals surface area contributed by atoms with Gasteiger partial charge in [-0.15, -0.1) is 11.3 Å². The van der Waals surface area contributed by atoms with Crippen molar-refractivity contribution < 1.29 is 9.90 Å². The summed E-state index contributed by atoms with van der Waals surface area (Å²) in [5.41, 5.74) is 2.14. The number of aliphatic carboxylic acids is 1. The summed E-state index contributed by atoms with van der Waals surface area (Å²) in [7, 11) is 1.91. The van der Waals surface area contributed by atoms with E-state index in [-0.39, 0.29) is 0 Å². The minimum atomic E-state index is -0.862. The first-order chi connectivity index (χ1) is 9.41. The number of hydrogen-bond acceptors (Lipinski definition) is 3. The minimum Gasteiger partial charge on any atom is -0.481 e. The predicted octanol–water partition coefficient (Wildman–Crippen LogP) is 3.47. The second-order valence-corrected chi connectivity index (χ2v) is 5.83. The number of aromatic nitrogens is 1. The SMILES string of the molecule is Cc1c(C(C)C(=O)O)ccc(/N=c2\sccn2C)c1Cl. The summed E-state index contributed by atoms with van der Waals surface area (Å²) in [4.78, 5) is 16.4. The Labute approximate surface area is 126 Å².